The summed E-state index contributed by atoms with van der Waals surface area (Å²) in [5.74, 6) is 1.88. The Balaban J connectivity index is 1.23. The average Bonchev–Trinajstić information content (AvgIpc) is 3.38. The number of aryl methyl sites for hydroxylation is 1. The van der Waals surface area contributed by atoms with Crippen molar-refractivity contribution in [2.24, 2.45) is 5.92 Å². The summed E-state index contributed by atoms with van der Waals surface area (Å²) in [6.45, 7) is 4.79. The third-order valence-corrected chi connectivity index (χ3v) is 7.93. The van der Waals surface area contributed by atoms with E-state index in [0.29, 0.717) is 30.0 Å². The van der Waals surface area contributed by atoms with Gasteiger partial charge in [-0.15, -0.1) is 11.3 Å². The highest BCUT2D eigenvalue weighted by Crippen LogP contribution is 2.41. The minimum atomic E-state index is 0.00604. The highest BCUT2D eigenvalue weighted by atomic mass is 32.1. The van der Waals surface area contributed by atoms with Gasteiger partial charge in [-0.05, 0) is 74.0 Å². The molecule has 172 valence electrons. The summed E-state index contributed by atoms with van der Waals surface area (Å²) in [5.41, 5.74) is 4.01. The van der Waals surface area contributed by atoms with Crippen molar-refractivity contribution in [3.63, 3.8) is 0 Å². The van der Waals surface area contributed by atoms with Crippen LogP contribution in [0, 0.1) is 12.8 Å². The molecule has 2 aromatic heterocycles. The predicted molar refractivity (Wildman–Crippen MR) is 134 cm³/mol. The second kappa shape index (κ2) is 9.23. The maximum Gasteiger partial charge on any atom is 0.251 e. The summed E-state index contributed by atoms with van der Waals surface area (Å²) < 4.78 is 0. The van der Waals surface area contributed by atoms with E-state index in [1.165, 1.54) is 17.0 Å². The summed E-state index contributed by atoms with van der Waals surface area (Å²) in [6, 6.07) is 14.6. The van der Waals surface area contributed by atoms with Gasteiger partial charge in [0.05, 0.1) is 10.6 Å². The number of thiophene rings is 1. The first kappa shape index (κ1) is 22.0. The lowest BCUT2D eigenvalue weighted by Crippen LogP contribution is -2.56. The van der Waals surface area contributed by atoms with E-state index in [2.05, 4.69) is 38.8 Å². The van der Waals surface area contributed by atoms with Gasteiger partial charge >= 0.3 is 0 Å². The molecule has 3 aromatic rings. The molecule has 6 nitrogen and oxygen atoms in total. The first-order valence-electron chi connectivity index (χ1n) is 11.7. The normalized spacial score (nSPS) is 24.0. The van der Waals surface area contributed by atoms with Crippen LogP contribution in [0.25, 0.3) is 10.6 Å². The van der Waals surface area contributed by atoms with Gasteiger partial charge in [0.15, 0.2) is 0 Å². The predicted octanol–water partition coefficient (Wildman–Crippen LogP) is 4.19. The van der Waals surface area contributed by atoms with Crippen molar-refractivity contribution in [1.29, 1.82) is 0 Å². The molecule has 3 fully saturated rings. The fourth-order valence-electron chi connectivity index (χ4n) is 5.24. The standard InChI is InChI=1S/C26H31N5OS/c1-17-28-23(14-24(29-17)25-5-4-12-33-25)22-16-31-11-10-19(22)13-21(31)15-27-26(32)18-6-8-20(9-7-18)30(2)3/h4-9,12,14,19,21-22H,10-11,13,15-16H2,1-3H3,(H,27,32). The minimum absolute atomic E-state index is 0.00604. The number of aromatic nitrogens is 2. The number of hydrogen-bond acceptors (Lipinski definition) is 6. The van der Waals surface area contributed by atoms with Crippen LogP contribution in [-0.2, 0) is 0 Å². The molecular weight excluding hydrogens is 430 g/mol. The third-order valence-electron chi connectivity index (χ3n) is 7.03. The number of nitrogens with one attached hydrogen (secondary N) is 1. The van der Waals surface area contributed by atoms with E-state index in [4.69, 9.17) is 4.98 Å². The molecule has 1 aromatic carbocycles. The molecule has 0 radical (unpaired) electrons. The second-order valence-corrected chi connectivity index (χ2v) is 10.3. The van der Waals surface area contributed by atoms with Gasteiger partial charge in [0.1, 0.15) is 5.82 Å². The van der Waals surface area contributed by atoms with E-state index in [0.717, 1.165) is 36.7 Å². The van der Waals surface area contributed by atoms with Gasteiger partial charge in [-0.1, -0.05) is 6.07 Å². The van der Waals surface area contributed by atoms with Crippen LogP contribution >= 0.6 is 11.3 Å². The quantitative estimate of drug-likeness (QED) is 0.597. The molecule has 7 heteroatoms. The molecule has 1 N–H and O–H groups in total. The van der Waals surface area contributed by atoms with Crippen molar-refractivity contribution in [2.75, 3.05) is 38.6 Å². The fourth-order valence-corrected chi connectivity index (χ4v) is 5.93. The number of amides is 1. The summed E-state index contributed by atoms with van der Waals surface area (Å²) in [4.78, 5) is 28.0. The zero-order valence-corrected chi connectivity index (χ0v) is 20.3. The van der Waals surface area contributed by atoms with Crippen LogP contribution in [0.3, 0.4) is 0 Å². The number of piperidine rings is 3. The molecule has 4 unspecified atom stereocenters. The second-order valence-electron chi connectivity index (χ2n) is 9.39. The third kappa shape index (κ3) is 4.66. The summed E-state index contributed by atoms with van der Waals surface area (Å²) >= 11 is 1.72. The zero-order chi connectivity index (χ0) is 22.9. The van der Waals surface area contributed by atoms with E-state index in [1.54, 1.807) is 11.3 Å². The van der Waals surface area contributed by atoms with Crippen LogP contribution in [-0.4, -0.2) is 60.5 Å². The van der Waals surface area contributed by atoms with Crippen molar-refractivity contribution >= 4 is 22.9 Å². The van der Waals surface area contributed by atoms with Gasteiger partial charge in [-0.25, -0.2) is 9.97 Å². The van der Waals surface area contributed by atoms with Gasteiger partial charge in [0, 0.05) is 56.1 Å². The number of rotatable bonds is 6. The lowest BCUT2D eigenvalue weighted by Gasteiger charge is -2.49. The van der Waals surface area contributed by atoms with Crippen molar-refractivity contribution in [3.05, 3.63) is 64.9 Å². The fraction of sp³-hybridized carbons (Fsp3) is 0.423. The number of carbonyl (C=O) groups is 1. The van der Waals surface area contributed by atoms with Crippen molar-refractivity contribution < 1.29 is 4.79 Å². The van der Waals surface area contributed by atoms with Crippen LogP contribution in [0.1, 0.15) is 40.6 Å². The van der Waals surface area contributed by atoms with E-state index in [-0.39, 0.29) is 5.91 Å². The molecule has 4 atom stereocenters. The lowest BCUT2D eigenvalue weighted by atomic mass is 9.74. The number of fused-ring (bicyclic) bond motifs is 3. The summed E-state index contributed by atoms with van der Waals surface area (Å²) in [6.07, 6.45) is 2.29. The van der Waals surface area contributed by atoms with Crippen molar-refractivity contribution in [1.82, 2.24) is 20.2 Å². The van der Waals surface area contributed by atoms with Gasteiger partial charge in [-0.3, -0.25) is 9.69 Å². The number of benzene rings is 1. The Bertz CT molecular complexity index is 1110. The molecule has 0 saturated carbocycles. The zero-order valence-electron chi connectivity index (χ0n) is 19.5. The smallest absolute Gasteiger partial charge is 0.251 e. The summed E-state index contributed by atoms with van der Waals surface area (Å²) in [7, 11) is 4.00. The number of carbonyl (C=O) groups excluding carboxylic acids is 1. The Labute approximate surface area is 199 Å². The minimum Gasteiger partial charge on any atom is -0.378 e. The first-order chi connectivity index (χ1) is 16.0. The highest BCUT2D eigenvalue weighted by molar-refractivity contribution is 7.13. The van der Waals surface area contributed by atoms with Gasteiger partial charge in [-0.2, -0.15) is 0 Å². The largest absolute Gasteiger partial charge is 0.378 e. The molecule has 5 heterocycles. The topological polar surface area (TPSA) is 61.4 Å². The average molecular weight is 462 g/mol. The molecular formula is C26H31N5OS. The Morgan fingerprint density at radius 2 is 2.03 bits per heavy atom. The van der Waals surface area contributed by atoms with Crippen LogP contribution in [0.5, 0.6) is 0 Å². The monoisotopic (exact) mass is 461 g/mol. The molecule has 3 aliphatic heterocycles. The molecule has 1 amide bonds. The van der Waals surface area contributed by atoms with Crippen LogP contribution in [0.2, 0.25) is 0 Å². The molecule has 6 rings (SSSR count). The van der Waals surface area contributed by atoms with E-state index >= 15 is 0 Å². The van der Waals surface area contributed by atoms with E-state index < -0.39 is 0 Å². The number of nitrogens with zero attached hydrogens (tertiary/aromatic N) is 4. The molecule has 3 saturated heterocycles. The molecule has 3 aliphatic rings. The van der Waals surface area contributed by atoms with Crippen molar-refractivity contribution in [2.45, 2.75) is 31.7 Å². The van der Waals surface area contributed by atoms with E-state index in [9.17, 15) is 4.79 Å². The van der Waals surface area contributed by atoms with Crippen molar-refractivity contribution in [3.8, 4) is 10.6 Å². The highest BCUT2D eigenvalue weighted by Gasteiger charge is 2.41. The Morgan fingerprint density at radius 3 is 2.70 bits per heavy atom. The van der Waals surface area contributed by atoms with Crippen LogP contribution in [0.4, 0.5) is 5.69 Å². The molecule has 0 spiro atoms. The maximum absolute atomic E-state index is 12.7. The van der Waals surface area contributed by atoms with Gasteiger partial charge in [0.2, 0.25) is 0 Å². The molecule has 33 heavy (non-hydrogen) atoms. The van der Waals surface area contributed by atoms with Crippen LogP contribution in [0.15, 0.2) is 47.8 Å². The SMILES string of the molecule is Cc1nc(-c2cccs2)cc(C2CN3CCC2CC3CNC(=O)c2ccc(N(C)C)cc2)n1. The Morgan fingerprint density at radius 1 is 1.21 bits per heavy atom. The Hall–Kier alpha value is -2.77. The lowest BCUT2D eigenvalue weighted by molar-refractivity contribution is 0.0290. The first-order valence-corrected chi connectivity index (χ1v) is 12.5. The van der Waals surface area contributed by atoms with Gasteiger partial charge < -0.3 is 10.2 Å². The number of hydrogen-bond donors (Lipinski definition) is 1. The summed E-state index contributed by atoms with van der Waals surface area (Å²) in [5, 5.41) is 5.27. The maximum atomic E-state index is 12.7. The van der Waals surface area contributed by atoms with Gasteiger partial charge in [0.25, 0.3) is 5.91 Å². The molecule has 0 aliphatic carbocycles. The Kier molecular flexibility index (Phi) is 6.17. The van der Waals surface area contributed by atoms with E-state index in [1.807, 2.05) is 50.2 Å². The van der Waals surface area contributed by atoms with Crippen LogP contribution < -0.4 is 10.2 Å². The molecule has 2 bridgehead atoms. The number of anilines is 1.